The van der Waals surface area contributed by atoms with Crippen LogP contribution in [0.15, 0.2) is 4.99 Å². The van der Waals surface area contributed by atoms with Crippen LogP contribution in [0.5, 0.6) is 0 Å². The van der Waals surface area contributed by atoms with E-state index < -0.39 is 0 Å². The first kappa shape index (κ1) is 13.2. The summed E-state index contributed by atoms with van der Waals surface area (Å²) < 4.78 is 0. The summed E-state index contributed by atoms with van der Waals surface area (Å²) in [5.41, 5.74) is 0. The molecule has 2 aliphatic rings. The van der Waals surface area contributed by atoms with Gasteiger partial charge in [-0.2, -0.15) is 0 Å². The van der Waals surface area contributed by atoms with E-state index in [0.29, 0.717) is 11.3 Å². The normalized spacial score (nSPS) is 30.7. The first-order valence-corrected chi connectivity index (χ1v) is 7.67. The molecule has 1 saturated heterocycles. The van der Waals surface area contributed by atoms with Crippen LogP contribution in [0.1, 0.15) is 33.1 Å². The molecule has 2 atom stereocenters. The van der Waals surface area contributed by atoms with Gasteiger partial charge in [0.25, 0.3) is 0 Å². The zero-order chi connectivity index (χ0) is 12.3. The summed E-state index contributed by atoms with van der Waals surface area (Å²) in [6.45, 7) is 8.00. The minimum Gasteiger partial charge on any atom is -0.361 e. The number of thioether (sulfide) groups is 1. The third-order valence-electron chi connectivity index (χ3n) is 3.40. The second-order valence-electron chi connectivity index (χ2n) is 5.76. The highest BCUT2D eigenvalue weighted by Crippen LogP contribution is 2.26. The molecule has 2 heterocycles. The molecule has 0 aliphatic carbocycles. The quantitative estimate of drug-likeness (QED) is 0.838. The molecule has 2 aliphatic heterocycles. The molecule has 2 rings (SSSR count). The first-order chi connectivity index (χ1) is 8.13. The van der Waals surface area contributed by atoms with Gasteiger partial charge in [0.2, 0.25) is 0 Å². The highest BCUT2D eigenvalue weighted by molar-refractivity contribution is 8.14. The molecule has 0 radical (unpaired) electrons. The third-order valence-corrected chi connectivity index (χ3v) is 4.55. The van der Waals surface area contributed by atoms with Gasteiger partial charge in [-0.3, -0.25) is 4.99 Å². The van der Waals surface area contributed by atoms with Crippen molar-refractivity contribution in [2.24, 2.45) is 10.9 Å². The summed E-state index contributed by atoms with van der Waals surface area (Å²) in [4.78, 5) is 7.05. The van der Waals surface area contributed by atoms with Gasteiger partial charge in [-0.1, -0.05) is 25.6 Å². The fourth-order valence-electron chi connectivity index (χ4n) is 2.60. The zero-order valence-electron chi connectivity index (χ0n) is 11.3. The largest absolute Gasteiger partial charge is 0.361 e. The molecule has 1 fully saturated rings. The first-order valence-electron chi connectivity index (χ1n) is 6.79. The van der Waals surface area contributed by atoms with E-state index in [9.17, 15) is 0 Å². The van der Waals surface area contributed by atoms with Crippen LogP contribution in [-0.2, 0) is 0 Å². The average molecular weight is 255 g/mol. The number of likely N-dealkylation sites (tertiary alicyclic amines) is 1. The van der Waals surface area contributed by atoms with Crippen LogP contribution in [0.4, 0.5) is 0 Å². The smallest absolute Gasteiger partial charge is 0.157 e. The van der Waals surface area contributed by atoms with E-state index in [1.54, 1.807) is 0 Å². The lowest BCUT2D eigenvalue weighted by atomic mass is 10.1. The highest BCUT2D eigenvalue weighted by Gasteiger charge is 2.24. The number of nitrogens with zero attached hydrogens (tertiary/aromatic N) is 2. The van der Waals surface area contributed by atoms with Gasteiger partial charge in [0, 0.05) is 17.8 Å². The summed E-state index contributed by atoms with van der Waals surface area (Å²) in [7, 11) is 2.21. The Kier molecular flexibility index (Phi) is 4.74. The summed E-state index contributed by atoms with van der Waals surface area (Å²) >= 11 is 1.95. The lowest BCUT2D eigenvalue weighted by Gasteiger charge is -2.30. The average Bonchev–Trinajstić information content (AvgIpc) is 2.64. The van der Waals surface area contributed by atoms with Crippen molar-refractivity contribution in [1.82, 2.24) is 10.2 Å². The Morgan fingerprint density at radius 2 is 2.35 bits per heavy atom. The molecular formula is C13H25N3S. The Morgan fingerprint density at radius 1 is 1.53 bits per heavy atom. The molecule has 98 valence electrons. The number of nitrogens with one attached hydrogen (secondary N) is 1. The van der Waals surface area contributed by atoms with Crippen molar-refractivity contribution in [3.05, 3.63) is 0 Å². The maximum absolute atomic E-state index is 4.64. The number of likely N-dealkylation sites (N-methyl/N-ethyl adjacent to an activating group) is 1. The van der Waals surface area contributed by atoms with Crippen LogP contribution in [-0.4, -0.2) is 48.0 Å². The van der Waals surface area contributed by atoms with Crippen molar-refractivity contribution in [3.63, 3.8) is 0 Å². The van der Waals surface area contributed by atoms with E-state index in [1.165, 1.54) is 31.0 Å². The molecular weight excluding hydrogens is 230 g/mol. The molecule has 17 heavy (non-hydrogen) atoms. The van der Waals surface area contributed by atoms with Crippen LogP contribution in [0.25, 0.3) is 0 Å². The predicted octanol–water partition coefficient (Wildman–Crippen LogP) is 2.19. The monoisotopic (exact) mass is 255 g/mol. The Labute approximate surface area is 109 Å². The molecule has 2 unspecified atom stereocenters. The Balaban J connectivity index is 1.73. The number of aliphatic imine (C=N–C) groups is 1. The van der Waals surface area contributed by atoms with E-state index in [4.69, 9.17) is 0 Å². The third kappa shape index (κ3) is 4.18. The summed E-state index contributed by atoms with van der Waals surface area (Å²) in [6.07, 6.45) is 3.88. The van der Waals surface area contributed by atoms with Crippen LogP contribution in [0, 0.1) is 5.92 Å². The highest BCUT2D eigenvalue weighted by atomic mass is 32.2. The Bertz CT molecular complexity index is 278. The van der Waals surface area contributed by atoms with Gasteiger partial charge in [-0.05, 0) is 38.8 Å². The van der Waals surface area contributed by atoms with Gasteiger partial charge in [-0.25, -0.2) is 0 Å². The van der Waals surface area contributed by atoms with Crippen LogP contribution < -0.4 is 5.32 Å². The minimum atomic E-state index is 0.609. The topological polar surface area (TPSA) is 27.6 Å². The minimum absolute atomic E-state index is 0.609. The Morgan fingerprint density at radius 3 is 3.06 bits per heavy atom. The summed E-state index contributed by atoms with van der Waals surface area (Å²) in [5, 5.41) is 5.52. The van der Waals surface area contributed by atoms with Crippen molar-refractivity contribution < 1.29 is 0 Å². The van der Waals surface area contributed by atoms with Crippen LogP contribution in [0.2, 0.25) is 0 Å². The maximum atomic E-state index is 4.64. The number of piperidine rings is 1. The van der Waals surface area contributed by atoms with E-state index in [1.807, 2.05) is 11.8 Å². The molecule has 0 aromatic carbocycles. The maximum Gasteiger partial charge on any atom is 0.157 e. The van der Waals surface area contributed by atoms with E-state index in [2.05, 4.69) is 36.1 Å². The molecule has 3 nitrogen and oxygen atoms in total. The molecule has 0 bridgehead atoms. The van der Waals surface area contributed by atoms with Gasteiger partial charge >= 0.3 is 0 Å². The molecule has 0 saturated carbocycles. The van der Waals surface area contributed by atoms with Crippen molar-refractivity contribution in [3.8, 4) is 0 Å². The molecule has 0 aromatic rings. The van der Waals surface area contributed by atoms with Crippen molar-refractivity contribution in [2.75, 3.05) is 26.7 Å². The van der Waals surface area contributed by atoms with Gasteiger partial charge in [0.05, 0.1) is 6.54 Å². The predicted molar refractivity (Wildman–Crippen MR) is 76.8 cm³/mol. The standard InChI is InChI=1S/C13H25N3S/c1-10(2)7-12-8-14-13(17-12)15-11-5-4-6-16(3)9-11/h10-12H,4-9H2,1-3H3,(H,14,15). The van der Waals surface area contributed by atoms with E-state index >= 15 is 0 Å². The fourth-order valence-corrected chi connectivity index (χ4v) is 3.93. The molecule has 0 aromatic heterocycles. The molecule has 1 N–H and O–H groups in total. The fraction of sp³-hybridized carbons (Fsp3) is 0.923. The second-order valence-corrected chi connectivity index (χ2v) is 7.05. The number of hydrogen-bond donors (Lipinski definition) is 1. The lowest BCUT2D eigenvalue weighted by molar-refractivity contribution is 0.241. The van der Waals surface area contributed by atoms with E-state index in [-0.39, 0.29) is 0 Å². The molecule has 0 amide bonds. The summed E-state index contributed by atoms with van der Waals surface area (Å²) in [5.74, 6) is 0.780. The van der Waals surface area contributed by atoms with Crippen molar-refractivity contribution >= 4 is 16.9 Å². The zero-order valence-corrected chi connectivity index (χ0v) is 12.1. The second kappa shape index (κ2) is 6.10. The summed E-state index contributed by atoms with van der Waals surface area (Å²) in [6, 6.07) is 0.609. The van der Waals surface area contributed by atoms with Crippen molar-refractivity contribution in [1.29, 1.82) is 0 Å². The number of rotatable bonds is 3. The van der Waals surface area contributed by atoms with Gasteiger partial charge in [-0.15, -0.1) is 0 Å². The number of hydrogen-bond acceptors (Lipinski definition) is 4. The van der Waals surface area contributed by atoms with Crippen LogP contribution in [0.3, 0.4) is 0 Å². The molecule has 0 spiro atoms. The van der Waals surface area contributed by atoms with Gasteiger partial charge in [0.15, 0.2) is 5.17 Å². The molecule has 4 heteroatoms. The SMILES string of the molecule is CC(C)CC1CN=C(NC2CCCN(C)C2)S1. The van der Waals surface area contributed by atoms with Gasteiger partial charge < -0.3 is 10.2 Å². The number of amidine groups is 1. The van der Waals surface area contributed by atoms with E-state index in [0.717, 1.165) is 19.0 Å². The van der Waals surface area contributed by atoms with Crippen LogP contribution >= 0.6 is 11.8 Å². The Hall–Kier alpha value is -0.220. The lowest BCUT2D eigenvalue weighted by Crippen LogP contribution is -2.45. The van der Waals surface area contributed by atoms with Gasteiger partial charge in [0.1, 0.15) is 0 Å². The van der Waals surface area contributed by atoms with Crippen molar-refractivity contribution in [2.45, 2.75) is 44.4 Å².